The first kappa shape index (κ1) is 31.2. The minimum absolute atomic E-state index is 0.111. The third-order valence-corrected chi connectivity index (χ3v) is 8.86. The van der Waals surface area contributed by atoms with Crippen LogP contribution in [0.25, 0.3) is 0 Å². The molecule has 2 aliphatic rings. The summed E-state index contributed by atoms with van der Waals surface area (Å²) < 4.78 is 11.5. The molecule has 43 heavy (non-hydrogen) atoms. The molecule has 2 N–H and O–H groups in total. The number of hydrogen-bond donors (Lipinski definition) is 2. The number of halogens is 2. The third-order valence-electron chi connectivity index (χ3n) is 8.30. The topological polar surface area (TPSA) is 79.9 Å². The van der Waals surface area contributed by atoms with E-state index >= 15 is 0 Å². The molecule has 1 heterocycles. The van der Waals surface area contributed by atoms with E-state index in [2.05, 4.69) is 42.7 Å². The van der Waals surface area contributed by atoms with Crippen molar-refractivity contribution in [3.8, 4) is 11.5 Å². The van der Waals surface area contributed by atoms with E-state index in [0.29, 0.717) is 46.6 Å². The SMILES string of the molecule is Cc1cc(Cl)c(OCCOc2ccc(C(=O)NC3CCNCC3C(=O)N(Cc3cccc(C)c3C)C3CC3)cc2)c(Cl)c1. The van der Waals surface area contributed by atoms with E-state index in [-0.39, 0.29) is 43.0 Å². The summed E-state index contributed by atoms with van der Waals surface area (Å²) in [5.41, 5.74) is 5.11. The standard InChI is InChI=1S/C34H39Cl2N3O4/c1-21-17-29(35)32(30(36)18-21)43-16-15-42-27-11-7-24(8-12-27)33(40)38-31-13-14-37-19-28(31)34(41)39(26-9-10-26)20-25-6-4-5-22(2)23(25)3/h4-8,11-12,17-18,26,28,31,37H,9-10,13-16,19-20H2,1-3H3,(H,38,40). The van der Waals surface area contributed by atoms with Crippen molar-refractivity contribution in [1.29, 1.82) is 0 Å². The Bertz CT molecular complexity index is 1440. The summed E-state index contributed by atoms with van der Waals surface area (Å²) in [6.45, 7) is 8.58. The lowest BCUT2D eigenvalue weighted by atomic mass is 9.91. The Hall–Kier alpha value is -3.26. The van der Waals surface area contributed by atoms with Crippen molar-refractivity contribution < 1.29 is 19.1 Å². The summed E-state index contributed by atoms with van der Waals surface area (Å²) in [6, 6.07) is 16.9. The normalized spacial score (nSPS) is 18.2. The molecule has 5 rings (SSSR count). The molecule has 3 aromatic rings. The Balaban J connectivity index is 1.16. The molecule has 1 saturated carbocycles. The molecule has 0 aromatic heterocycles. The van der Waals surface area contributed by atoms with Crippen LogP contribution in [0.5, 0.6) is 11.5 Å². The van der Waals surface area contributed by atoms with E-state index in [1.807, 2.05) is 11.8 Å². The second kappa shape index (κ2) is 14.0. The molecular formula is C34H39Cl2N3O4. The van der Waals surface area contributed by atoms with Gasteiger partial charge in [0.15, 0.2) is 5.75 Å². The first-order valence-electron chi connectivity index (χ1n) is 14.9. The van der Waals surface area contributed by atoms with E-state index in [0.717, 1.165) is 24.9 Å². The lowest BCUT2D eigenvalue weighted by Gasteiger charge is -2.36. The number of nitrogens with zero attached hydrogens (tertiary/aromatic N) is 1. The van der Waals surface area contributed by atoms with Gasteiger partial charge in [0.05, 0.1) is 16.0 Å². The number of piperidine rings is 1. The minimum atomic E-state index is -0.318. The van der Waals surface area contributed by atoms with Crippen LogP contribution in [0, 0.1) is 26.7 Å². The molecule has 228 valence electrons. The van der Waals surface area contributed by atoms with Crippen molar-refractivity contribution in [1.82, 2.24) is 15.5 Å². The van der Waals surface area contributed by atoms with Gasteiger partial charge in [0, 0.05) is 30.7 Å². The van der Waals surface area contributed by atoms with Gasteiger partial charge in [0.2, 0.25) is 5.91 Å². The number of ether oxygens (including phenoxy) is 2. The highest BCUT2D eigenvalue weighted by atomic mass is 35.5. The Morgan fingerprint density at radius 1 is 0.953 bits per heavy atom. The van der Waals surface area contributed by atoms with E-state index < -0.39 is 0 Å². The van der Waals surface area contributed by atoms with Gasteiger partial charge in [-0.3, -0.25) is 9.59 Å². The van der Waals surface area contributed by atoms with Gasteiger partial charge >= 0.3 is 0 Å². The molecule has 0 spiro atoms. The zero-order chi connectivity index (χ0) is 30.5. The van der Waals surface area contributed by atoms with Crippen LogP contribution in [0.2, 0.25) is 10.0 Å². The Kier molecular flexibility index (Phi) is 10.2. The molecule has 0 radical (unpaired) electrons. The van der Waals surface area contributed by atoms with Crippen molar-refractivity contribution in [3.63, 3.8) is 0 Å². The highest BCUT2D eigenvalue weighted by molar-refractivity contribution is 6.37. The second-order valence-corrected chi connectivity index (χ2v) is 12.3. The van der Waals surface area contributed by atoms with Crippen LogP contribution in [-0.2, 0) is 11.3 Å². The molecule has 9 heteroatoms. The number of aryl methyl sites for hydroxylation is 2. The van der Waals surface area contributed by atoms with E-state index in [9.17, 15) is 9.59 Å². The predicted octanol–water partition coefficient (Wildman–Crippen LogP) is 6.28. The zero-order valence-electron chi connectivity index (χ0n) is 24.9. The molecule has 2 atom stereocenters. The van der Waals surface area contributed by atoms with Gasteiger partial charge in [-0.05, 0) is 105 Å². The maximum absolute atomic E-state index is 13.9. The van der Waals surface area contributed by atoms with Gasteiger partial charge < -0.3 is 25.0 Å². The van der Waals surface area contributed by atoms with Gasteiger partial charge in [-0.2, -0.15) is 0 Å². The number of carbonyl (C=O) groups is 2. The van der Waals surface area contributed by atoms with Gasteiger partial charge in [-0.1, -0.05) is 41.4 Å². The summed E-state index contributed by atoms with van der Waals surface area (Å²) in [6.07, 6.45) is 2.75. The smallest absolute Gasteiger partial charge is 0.251 e. The molecule has 7 nitrogen and oxygen atoms in total. The summed E-state index contributed by atoms with van der Waals surface area (Å²) in [5, 5.41) is 7.44. The highest BCUT2D eigenvalue weighted by Crippen LogP contribution is 2.34. The van der Waals surface area contributed by atoms with Crippen LogP contribution in [0.4, 0.5) is 0 Å². The fraction of sp³-hybridized carbons (Fsp3) is 0.412. The Morgan fingerprint density at radius 3 is 2.35 bits per heavy atom. The lowest BCUT2D eigenvalue weighted by Crippen LogP contribution is -2.55. The monoisotopic (exact) mass is 623 g/mol. The van der Waals surface area contributed by atoms with Crippen LogP contribution in [-0.4, -0.2) is 55.1 Å². The zero-order valence-corrected chi connectivity index (χ0v) is 26.4. The summed E-state index contributed by atoms with van der Waals surface area (Å²) in [5.74, 6) is 0.643. The van der Waals surface area contributed by atoms with Crippen LogP contribution in [0.1, 0.15) is 51.9 Å². The largest absolute Gasteiger partial charge is 0.490 e. The van der Waals surface area contributed by atoms with Crippen molar-refractivity contribution in [2.45, 2.75) is 58.7 Å². The molecule has 2 fully saturated rings. The quantitative estimate of drug-likeness (QED) is 0.246. The maximum atomic E-state index is 13.9. The minimum Gasteiger partial charge on any atom is -0.490 e. The molecular weight excluding hydrogens is 585 g/mol. The number of nitrogens with one attached hydrogen (secondary N) is 2. The molecule has 3 aromatic carbocycles. The summed E-state index contributed by atoms with van der Waals surface area (Å²) in [4.78, 5) is 29.2. The fourth-order valence-electron chi connectivity index (χ4n) is 5.53. The van der Waals surface area contributed by atoms with Crippen molar-refractivity contribution in [2.75, 3.05) is 26.3 Å². The molecule has 0 bridgehead atoms. The molecule has 2 unspecified atom stereocenters. The number of benzene rings is 3. The average Bonchev–Trinajstić information content (AvgIpc) is 3.83. The number of amides is 2. The van der Waals surface area contributed by atoms with Gasteiger partial charge in [-0.15, -0.1) is 0 Å². The van der Waals surface area contributed by atoms with E-state index in [1.165, 1.54) is 16.7 Å². The van der Waals surface area contributed by atoms with Crippen molar-refractivity contribution >= 4 is 35.0 Å². The highest BCUT2D eigenvalue weighted by Gasteiger charge is 2.40. The third kappa shape index (κ3) is 7.83. The maximum Gasteiger partial charge on any atom is 0.251 e. The molecule has 1 saturated heterocycles. The van der Waals surface area contributed by atoms with Crippen molar-refractivity contribution in [3.05, 3.63) is 92.5 Å². The molecule has 1 aliphatic heterocycles. The first-order chi connectivity index (χ1) is 20.7. The van der Waals surface area contributed by atoms with Crippen LogP contribution in [0.15, 0.2) is 54.6 Å². The predicted molar refractivity (Wildman–Crippen MR) is 170 cm³/mol. The number of carbonyl (C=O) groups excluding carboxylic acids is 2. The second-order valence-electron chi connectivity index (χ2n) is 11.5. The first-order valence-corrected chi connectivity index (χ1v) is 15.7. The summed E-state index contributed by atoms with van der Waals surface area (Å²) in [7, 11) is 0. The van der Waals surface area contributed by atoms with Crippen LogP contribution in [0.3, 0.4) is 0 Å². The van der Waals surface area contributed by atoms with E-state index in [1.54, 1.807) is 36.4 Å². The molecule has 2 amide bonds. The fourth-order valence-corrected chi connectivity index (χ4v) is 6.23. The van der Waals surface area contributed by atoms with Gasteiger partial charge in [-0.25, -0.2) is 0 Å². The average molecular weight is 625 g/mol. The Labute approximate surface area is 263 Å². The van der Waals surface area contributed by atoms with E-state index in [4.69, 9.17) is 32.7 Å². The van der Waals surface area contributed by atoms with Gasteiger partial charge in [0.25, 0.3) is 5.91 Å². The number of hydrogen-bond acceptors (Lipinski definition) is 5. The molecule has 1 aliphatic carbocycles. The van der Waals surface area contributed by atoms with Crippen LogP contribution >= 0.6 is 23.2 Å². The van der Waals surface area contributed by atoms with Crippen molar-refractivity contribution in [2.24, 2.45) is 5.92 Å². The Morgan fingerprint density at radius 2 is 1.65 bits per heavy atom. The number of rotatable bonds is 11. The lowest BCUT2D eigenvalue weighted by molar-refractivity contribution is -0.138. The van der Waals surface area contributed by atoms with Gasteiger partial charge in [0.1, 0.15) is 19.0 Å². The van der Waals surface area contributed by atoms with Crippen LogP contribution < -0.4 is 20.1 Å². The summed E-state index contributed by atoms with van der Waals surface area (Å²) >= 11 is 12.5.